The van der Waals surface area contributed by atoms with E-state index >= 15 is 0 Å². The van der Waals surface area contributed by atoms with Crippen molar-refractivity contribution in [2.75, 3.05) is 20.7 Å². The van der Waals surface area contributed by atoms with Gasteiger partial charge in [-0.1, -0.05) is 24.3 Å². The van der Waals surface area contributed by atoms with E-state index in [2.05, 4.69) is 10.4 Å². The number of aromatic nitrogens is 2. The lowest BCUT2D eigenvalue weighted by molar-refractivity contribution is 0.0796. The van der Waals surface area contributed by atoms with Gasteiger partial charge in [0.05, 0.1) is 18.5 Å². The molecule has 0 aliphatic heterocycles. The fraction of sp³-hybridized carbons (Fsp3) is 0.346. The summed E-state index contributed by atoms with van der Waals surface area (Å²) >= 11 is 0. The smallest absolute Gasteiger partial charge is 0.407 e. The second-order valence-corrected chi connectivity index (χ2v) is 8.99. The summed E-state index contributed by atoms with van der Waals surface area (Å²) in [5, 5.41) is 7.37. The maximum absolute atomic E-state index is 12.8. The van der Waals surface area contributed by atoms with Gasteiger partial charge in [0.15, 0.2) is 5.69 Å². The van der Waals surface area contributed by atoms with Crippen LogP contribution in [0.1, 0.15) is 43.7 Å². The lowest BCUT2D eigenvalue weighted by Crippen LogP contribution is -2.40. The third kappa shape index (κ3) is 6.15. The Hall–Kier alpha value is -3.81. The summed E-state index contributed by atoms with van der Waals surface area (Å²) in [6.45, 7) is 8.35. The molecule has 0 bridgehead atoms. The Kier molecular flexibility index (Phi) is 7.61. The molecule has 0 aliphatic rings. The molecule has 3 rings (SSSR count). The van der Waals surface area contributed by atoms with Gasteiger partial charge in [-0.2, -0.15) is 5.10 Å². The zero-order valence-corrected chi connectivity index (χ0v) is 20.6. The zero-order chi connectivity index (χ0) is 24.9. The van der Waals surface area contributed by atoms with Gasteiger partial charge in [0.2, 0.25) is 0 Å². The minimum atomic E-state index is -0.461. The molecule has 2 amide bonds. The molecule has 0 atom stereocenters. The highest BCUT2D eigenvalue weighted by molar-refractivity contribution is 5.93. The monoisotopic (exact) mass is 464 g/mol. The van der Waals surface area contributed by atoms with Crippen LogP contribution in [0.3, 0.4) is 0 Å². The number of hydrogen-bond acceptors (Lipinski definition) is 5. The Morgan fingerprint density at radius 2 is 1.71 bits per heavy atom. The molecule has 3 aromatic rings. The van der Waals surface area contributed by atoms with Crippen molar-refractivity contribution in [2.24, 2.45) is 0 Å². The van der Waals surface area contributed by atoms with Gasteiger partial charge < -0.3 is 19.7 Å². The highest BCUT2D eigenvalue weighted by Gasteiger charge is 2.19. The molecule has 0 radical (unpaired) electrons. The number of rotatable bonds is 7. The third-order valence-electron chi connectivity index (χ3n) is 5.16. The summed E-state index contributed by atoms with van der Waals surface area (Å²) < 4.78 is 12.3. The second-order valence-electron chi connectivity index (χ2n) is 8.99. The fourth-order valence-corrected chi connectivity index (χ4v) is 3.21. The highest BCUT2D eigenvalue weighted by Crippen LogP contribution is 2.26. The standard InChI is InChI=1S/C26H32N4O4/c1-7-29(5)24(31)22-16-23(30(28-22)20-12-14-21(33-6)15-13-20)19-10-8-18(9-11-19)17-34-25(32)27-26(2,3)4/h8-16H,7,17H2,1-6H3,(H,27,32). The summed E-state index contributed by atoms with van der Waals surface area (Å²) in [5.74, 6) is 0.588. The molecule has 0 aliphatic carbocycles. The predicted molar refractivity (Wildman–Crippen MR) is 131 cm³/mol. The molecule has 1 aromatic heterocycles. The Balaban J connectivity index is 1.88. The first-order chi connectivity index (χ1) is 16.1. The Labute approximate surface area is 200 Å². The van der Waals surface area contributed by atoms with Crippen molar-refractivity contribution >= 4 is 12.0 Å². The van der Waals surface area contributed by atoms with Gasteiger partial charge in [0.1, 0.15) is 12.4 Å². The molecule has 180 valence electrons. The fourth-order valence-electron chi connectivity index (χ4n) is 3.21. The number of alkyl carbamates (subject to hydrolysis) is 1. The van der Waals surface area contributed by atoms with E-state index in [1.54, 1.807) is 29.8 Å². The summed E-state index contributed by atoms with van der Waals surface area (Å²) in [4.78, 5) is 26.3. The number of carbonyl (C=O) groups excluding carboxylic acids is 2. The molecule has 1 heterocycles. The topological polar surface area (TPSA) is 85.7 Å². The predicted octanol–water partition coefficient (Wildman–Crippen LogP) is 4.66. The van der Waals surface area contributed by atoms with E-state index in [-0.39, 0.29) is 18.1 Å². The number of nitrogens with zero attached hydrogens (tertiary/aromatic N) is 3. The van der Waals surface area contributed by atoms with E-state index in [0.717, 1.165) is 28.3 Å². The number of methoxy groups -OCH3 is 1. The van der Waals surface area contributed by atoms with Crippen LogP contribution in [-0.4, -0.2) is 52.9 Å². The van der Waals surface area contributed by atoms with E-state index in [9.17, 15) is 9.59 Å². The number of hydrogen-bond donors (Lipinski definition) is 1. The maximum atomic E-state index is 12.8. The third-order valence-corrected chi connectivity index (χ3v) is 5.16. The SMILES string of the molecule is CCN(C)C(=O)c1cc(-c2ccc(COC(=O)NC(C)(C)C)cc2)n(-c2ccc(OC)cc2)n1. The molecule has 8 heteroatoms. The van der Waals surface area contributed by atoms with Gasteiger partial charge in [0.25, 0.3) is 5.91 Å². The van der Waals surface area contributed by atoms with Crippen LogP contribution in [0.15, 0.2) is 54.6 Å². The van der Waals surface area contributed by atoms with Gasteiger partial charge in [-0.05, 0) is 63.6 Å². The van der Waals surface area contributed by atoms with E-state index in [1.165, 1.54) is 0 Å². The van der Waals surface area contributed by atoms with Crippen LogP contribution in [0.2, 0.25) is 0 Å². The zero-order valence-electron chi connectivity index (χ0n) is 20.6. The van der Waals surface area contributed by atoms with Crippen molar-refractivity contribution in [3.8, 4) is 22.7 Å². The van der Waals surface area contributed by atoms with Crippen LogP contribution in [0.4, 0.5) is 4.79 Å². The van der Waals surface area contributed by atoms with E-state index < -0.39 is 6.09 Å². The summed E-state index contributed by atoms with van der Waals surface area (Å²) in [6.07, 6.45) is -0.461. The molecule has 0 unspecified atom stereocenters. The molecule has 0 saturated heterocycles. The molecule has 0 spiro atoms. The molecule has 8 nitrogen and oxygen atoms in total. The molecule has 0 saturated carbocycles. The number of nitrogens with one attached hydrogen (secondary N) is 1. The van der Waals surface area contributed by atoms with Gasteiger partial charge >= 0.3 is 6.09 Å². The number of amides is 2. The second kappa shape index (κ2) is 10.4. The number of benzene rings is 2. The maximum Gasteiger partial charge on any atom is 0.407 e. The Morgan fingerprint density at radius 1 is 1.06 bits per heavy atom. The molecule has 2 aromatic carbocycles. The quantitative estimate of drug-likeness (QED) is 0.549. The summed E-state index contributed by atoms with van der Waals surface area (Å²) in [7, 11) is 3.36. The molecule has 34 heavy (non-hydrogen) atoms. The molecule has 0 fully saturated rings. The summed E-state index contributed by atoms with van der Waals surface area (Å²) in [6, 6.07) is 16.9. The van der Waals surface area contributed by atoms with E-state index in [4.69, 9.17) is 9.47 Å². The van der Waals surface area contributed by atoms with Crippen molar-refractivity contribution < 1.29 is 19.1 Å². The normalized spacial score (nSPS) is 11.1. The van der Waals surface area contributed by atoms with Crippen LogP contribution in [0.5, 0.6) is 5.75 Å². The Morgan fingerprint density at radius 3 is 2.26 bits per heavy atom. The largest absolute Gasteiger partial charge is 0.497 e. The Bertz CT molecular complexity index is 1130. The first-order valence-electron chi connectivity index (χ1n) is 11.2. The van der Waals surface area contributed by atoms with Crippen molar-refractivity contribution in [1.82, 2.24) is 20.0 Å². The van der Waals surface area contributed by atoms with Crippen LogP contribution in [0.25, 0.3) is 16.9 Å². The van der Waals surface area contributed by atoms with Gasteiger partial charge in [-0.3, -0.25) is 4.79 Å². The first kappa shape index (κ1) is 24.8. The average molecular weight is 465 g/mol. The van der Waals surface area contributed by atoms with Crippen molar-refractivity contribution in [3.63, 3.8) is 0 Å². The van der Waals surface area contributed by atoms with E-state index in [0.29, 0.717) is 12.2 Å². The van der Waals surface area contributed by atoms with Gasteiger partial charge in [-0.15, -0.1) is 0 Å². The number of ether oxygens (including phenoxy) is 2. The van der Waals surface area contributed by atoms with Gasteiger partial charge in [-0.25, -0.2) is 9.48 Å². The lowest BCUT2D eigenvalue weighted by Gasteiger charge is -2.20. The minimum absolute atomic E-state index is 0.147. The molecule has 1 N–H and O–H groups in total. The molecular formula is C26H32N4O4. The van der Waals surface area contributed by atoms with Crippen LogP contribution < -0.4 is 10.1 Å². The van der Waals surface area contributed by atoms with Crippen molar-refractivity contribution in [1.29, 1.82) is 0 Å². The van der Waals surface area contributed by atoms with Crippen LogP contribution in [-0.2, 0) is 11.3 Å². The molecular weight excluding hydrogens is 432 g/mol. The minimum Gasteiger partial charge on any atom is -0.497 e. The van der Waals surface area contributed by atoms with E-state index in [1.807, 2.05) is 76.2 Å². The van der Waals surface area contributed by atoms with Crippen LogP contribution >= 0.6 is 0 Å². The summed E-state index contributed by atoms with van der Waals surface area (Å²) in [5.41, 5.74) is 3.31. The number of carbonyl (C=O) groups is 2. The highest BCUT2D eigenvalue weighted by atomic mass is 16.5. The van der Waals surface area contributed by atoms with Crippen molar-refractivity contribution in [3.05, 3.63) is 65.9 Å². The van der Waals surface area contributed by atoms with Crippen molar-refractivity contribution in [2.45, 2.75) is 39.8 Å². The average Bonchev–Trinajstić information content (AvgIpc) is 3.26. The first-order valence-corrected chi connectivity index (χ1v) is 11.2. The van der Waals surface area contributed by atoms with Crippen LogP contribution in [0, 0.1) is 0 Å². The lowest BCUT2D eigenvalue weighted by atomic mass is 10.1. The van der Waals surface area contributed by atoms with Gasteiger partial charge in [0, 0.05) is 24.7 Å².